The Morgan fingerprint density at radius 3 is 2.77 bits per heavy atom. The van der Waals surface area contributed by atoms with Gasteiger partial charge in [-0.3, -0.25) is 9.56 Å². The molecule has 2 aliphatic heterocycles. The number of likely N-dealkylation sites (tertiary alicyclic amines) is 1. The van der Waals surface area contributed by atoms with Gasteiger partial charge in [0.1, 0.15) is 5.82 Å². The Balaban J connectivity index is 1.44. The number of hydrogen-bond acceptors (Lipinski definition) is 5. The summed E-state index contributed by atoms with van der Waals surface area (Å²) in [6, 6.07) is 0. The van der Waals surface area contributed by atoms with E-state index >= 15 is 0 Å². The molecule has 0 saturated carbocycles. The van der Waals surface area contributed by atoms with Gasteiger partial charge in [0, 0.05) is 66.0 Å². The van der Waals surface area contributed by atoms with Crippen LogP contribution in [0.1, 0.15) is 51.3 Å². The number of methoxy groups -OCH3 is 1. The summed E-state index contributed by atoms with van der Waals surface area (Å²) in [4.78, 5) is 19.5. The Labute approximate surface area is 179 Å². The lowest BCUT2D eigenvalue weighted by molar-refractivity contribution is 0.00990. The van der Waals surface area contributed by atoms with Gasteiger partial charge < -0.3 is 19.7 Å². The summed E-state index contributed by atoms with van der Waals surface area (Å²) in [7, 11) is 1.72. The van der Waals surface area contributed by atoms with Crippen LogP contribution in [-0.2, 0) is 29.0 Å². The predicted molar refractivity (Wildman–Crippen MR) is 117 cm³/mol. The third-order valence-corrected chi connectivity index (χ3v) is 5.74. The van der Waals surface area contributed by atoms with Crippen molar-refractivity contribution in [2.75, 3.05) is 46.5 Å². The molecule has 0 atom stereocenters. The lowest BCUT2D eigenvalue weighted by atomic mass is 10.1. The number of aliphatic imine (C=N–C) groups is 1. The molecule has 1 aromatic rings. The number of piperidine rings is 1. The van der Waals surface area contributed by atoms with Crippen LogP contribution in [0, 0.1) is 0 Å². The van der Waals surface area contributed by atoms with E-state index in [-0.39, 0.29) is 5.69 Å². The van der Waals surface area contributed by atoms with Gasteiger partial charge in [-0.15, -0.1) is 0 Å². The average molecular weight is 423 g/mol. The molecule has 9 heteroatoms. The molecule has 1 saturated heterocycles. The first-order chi connectivity index (χ1) is 14.7. The first-order valence-electron chi connectivity index (χ1n) is 11.5. The van der Waals surface area contributed by atoms with Crippen LogP contribution in [0.25, 0.3) is 0 Å². The number of aryl methyl sites for hydroxylation is 2. The molecule has 1 aromatic heterocycles. The standard InChI is InChI=1S/C21H38N6O3/c1-3-22-20(25-14-9-18(10-15-25)30-17-7-16-29-2)23-11-6-13-27-21(28)26-12-5-4-8-19(26)24-27/h18H,3-17H2,1-2H3,(H,22,23). The van der Waals surface area contributed by atoms with E-state index in [1.165, 1.54) is 0 Å². The maximum atomic E-state index is 12.4. The van der Waals surface area contributed by atoms with Crippen molar-refractivity contribution in [2.45, 2.75) is 71.1 Å². The Kier molecular flexibility index (Phi) is 9.20. The second-order valence-electron chi connectivity index (χ2n) is 8.02. The van der Waals surface area contributed by atoms with Crippen LogP contribution in [0.3, 0.4) is 0 Å². The number of ether oxygens (including phenoxy) is 2. The third kappa shape index (κ3) is 6.31. The Hall–Kier alpha value is -1.87. The molecule has 0 unspecified atom stereocenters. The van der Waals surface area contributed by atoms with Gasteiger partial charge in [0.2, 0.25) is 0 Å². The van der Waals surface area contributed by atoms with Crippen LogP contribution in [0.2, 0.25) is 0 Å². The molecule has 0 spiro atoms. The van der Waals surface area contributed by atoms with E-state index < -0.39 is 0 Å². The Morgan fingerprint density at radius 2 is 2.03 bits per heavy atom. The second kappa shape index (κ2) is 12.1. The summed E-state index contributed by atoms with van der Waals surface area (Å²) in [6.07, 6.45) is 7.25. The van der Waals surface area contributed by atoms with Crippen molar-refractivity contribution in [3.63, 3.8) is 0 Å². The maximum absolute atomic E-state index is 12.4. The molecule has 170 valence electrons. The minimum Gasteiger partial charge on any atom is -0.385 e. The number of nitrogens with zero attached hydrogens (tertiary/aromatic N) is 5. The third-order valence-electron chi connectivity index (χ3n) is 5.74. The predicted octanol–water partition coefficient (Wildman–Crippen LogP) is 1.25. The highest BCUT2D eigenvalue weighted by molar-refractivity contribution is 5.80. The van der Waals surface area contributed by atoms with E-state index in [9.17, 15) is 4.79 Å². The molecule has 2 aliphatic rings. The van der Waals surface area contributed by atoms with Gasteiger partial charge in [0.25, 0.3) is 0 Å². The molecule has 0 radical (unpaired) electrons. The fourth-order valence-corrected chi connectivity index (χ4v) is 4.11. The molecular formula is C21H38N6O3. The summed E-state index contributed by atoms with van der Waals surface area (Å²) < 4.78 is 14.5. The maximum Gasteiger partial charge on any atom is 0.345 e. The first kappa shape index (κ1) is 22.8. The summed E-state index contributed by atoms with van der Waals surface area (Å²) in [5.74, 6) is 1.90. The van der Waals surface area contributed by atoms with E-state index in [1.807, 2.05) is 4.57 Å². The van der Waals surface area contributed by atoms with Gasteiger partial charge >= 0.3 is 5.69 Å². The first-order valence-corrected chi connectivity index (χ1v) is 11.5. The zero-order valence-corrected chi connectivity index (χ0v) is 18.6. The van der Waals surface area contributed by atoms with Gasteiger partial charge in [0.15, 0.2) is 5.96 Å². The largest absolute Gasteiger partial charge is 0.385 e. The fourth-order valence-electron chi connectivity index (χ4n) is 4.11. The van der Waals surface area contributed by atoms with E-state index in [2.05, 4.69) is 22.2 Å². The zero-order valence-electron chi connectivity index (χ0n) is 18.6. The van der Waals surface area contributed by atoms with E-state index in [0.29, 0.717) is 19.2 Å². The van der Waals surface area contributed by atoms with Gasteiger partial charge in [-0.05, 0) is 45.4 Å². The lowest BCUT2D eigenvalue weighted by Gasteiger charge is -2.34. The summed E-state index contributed by atoms with van der Waals surface area (Å²) in [5.41, 5.74) is 0.0353. The fraction of sp³-hybridized carbons (Fsp3) is 0.857. The minimum atomic E-state index is 0.0353. The van der Waals surface area contributed by atoms with Gasteiger partial charge in [-0.2, -0.15) is 5.10 Å². The number of guanidine groups is 1. The molecule has 3 heterocycles. The smallest absolute Gasteiger partial charge is 0.345 e. The molecule has 3 rings (SSSR count). The lowest BCUT2D eigenvalue weighted by Crippen LogP contribution is -2.47. The second-order valence-corrected chi connectivity index (χ2v) is 8.02. The van der Waals surface area contributed by atoms with Crippen LogP contribution in [0.15, 0.2) is 9.79 Å². The highest BCUT2D eigenvalue weighted by Gasteiger charge is 2.22. The molecular weight excluding hydrogens is 384 g/mol. The van der Waals surface area contributed by atoms with Gasteiger partial charge in [-0.1, -0.05) is 0 Å². The Bertz CT molecular complexity index is 721. The summed E-state index contributed by atoms with van der Waals surface area (Å²) in [5, 5.41) is 7.92. The monoisotopic (exact) mass is 422 g/mol. The van der Waals surface area contributed by atoms with Gasteiger partial charge in [0.05, 0.1) is 6.10 Å². The summed E-state index contributed by atoms with van der Waals surface area (Å²) in [6.45, 7) is 8.48. The molecule has 1 fully saturated rings. The van der Waals surface area contributed by atoms with Crippen molar-refractivity contribution in [3.8, 4) is 0 Å². The van der Waals surface area contributed by atoms with E-state index in [0.717, 1.165) is 96.1 Å². The van der Waals surface area contributed by atoms with Crippen molar-refractivity contribution >= 4 is 5.96 Å². The molecule has 30 heavy (non-hydrogen) atoms. The van der Waals surface area contributed by atoms with Crippen LogP contribution in [0.4, 0.5) is 0 Å². The highest BCUT2D eigenvalue weighted by Crippen LogP contribution is 2.14. The quantitative estimate of drug-likeness (QED) is 0.347. The molecule has 0 amide bonds. The summed E-state index contributed by atoms with van der Waals surface area (Å²) >= 11 is 0. The SMILES string of the molecule is CCNC(=NCCCn1nc2n(c1=O)CCCC2)N1CCC(OCCCOC)CC1. The topological polar surface area (TPSA) is 85.9 Å². The van der Waals surface area contributed by atoms with E-state index in [1.54, 1.807) is 11.8 Å². The van der Waals surface area contributed by atoms with Crippen molar-refractivity contribution < 1.29 is 9.47 Å². The number of aromatic nitrogens is 3. The van der Waals surface area contributed by atoms with Crippen LogP contribution in [-0.4, -0.2) is 77.8 Å². The molecule has 1 N–H and O–H groups in total. The number of nitrogens with one attached hydrogen (secondary N) is 1. The van der Waals surface area contributed by atoms with Crippen molar-refractivity contribution in [3.05, 3.63) is 16.3 Å². The van der Waals surface area contributed by atoms with Gasteiger partial charge in [-0.25, -0.2) is 9.48 Å². The van der Waals surface area contributed by atoms with Crippen LogP contribution < -0.4 is 11.0 Å². The zero-order chi connectivity index (χ0) is 21.2. The number of hydrogen-bond donors (Lipinski definition) is 1. The highest BCUT2D eigenvalue weighted by atomic mass is 16.5. The van der Waals surface area contributed by atoms with Crippen molar-refractivity contribution in [1.82, 2.24) is 24.6 Å². The molecule has 0 bridgehead atoms. The van der Waals surface area contributed by atoms with Crippen LogP contribution in [0.5, 0.6) is 0 Å². The van der Waals surface area contributed by atoms with Crippen LogP contribution >= 0.6 is 0 Å². The minimum absolute atomic E-state index is 0.0353. The van der Waals surface area contributed by atoms with Crippen molar-refractivity contribution in [1.29, 1.82) is 0 Å². The average Bonchev–Trinajstić information content (AvgIpc) is 3.10. The van der Waals surface area contributed by atoms with E-state index in [4.69, 9.17) is 14.5 Å². The number of fused-ring (bicyclic) bond motifs is 1. The Morgan fingerprint density at radius 1 is 1.20 bits per heavy atom. The normalized spacial score (nSPS) is 17.9. The molecule has 9 nitrogen and oxygen atoms in total. The molecule has 0 aromatic carbocycles. The number of rotatable bonds is 10. The molecule has 0 aliphatic carbocycles. The van der Waals surface area contributed by atoms with Crippen molar-refractivity contribution in [2.24, 2.45) is 4.99 Å².